The van der Waals surface area contributed by atoms with Crippen LogP contribution in [0.3, 0.4) is 0 Å². The molecule has 0 N–H and O–H groups in total. The monoisotopic (exact) mass is 768 g/mol. The van der Waals surface area contributed by atoms with Gasteiger partial charge < -0.3 is 9.80 Å². The minimum absolute atomic E-state index is 1.09. The van der Waals surface area contributed by atoms with Crippen LogP contribution < -0.4 is 9.80 Å². The number of nitrogens with zero attached hydrogens (tertiary/aromatic N) is 2. The predicted molar refractivity (Wildman–Crippen MR) is 256 cm³/mol. The molecule has 0 aliphatic rings. The van der Waals surface area contributed by atoms with Crippen molar-refractivity contribution in [3.8, 4) is 44.5 Å². The van der Waals surface area contributed by atoms with E-state index >= 15 is 0 Å². The fourth-order valence-corrected chi connectivity index (χ4v) is 7.64. The van der Waals surface area contributed by atoms with Gasteiger partial charge in [-0.1, -0.05) is 200 Å². The second-order valence-electron chi connectivity index (χ2n) is 14.6. The third-order valence-corrected chi connectivity index (χ3v) is 10.8. The van der Waals surface area contributed by atoms with E-state index in [0.717, 1.165) is 45.1 Å². The van der Waals surface area contributed by atoms with Gasteiger partial charge in [0.25, 0.3) is 0 Å². The number of hydrogen-bond acceptors (Lipinski definition) is 2. The molecule has 0 bridgehead atoms. The Balaban J connectivity index is 1.01. The zero-order chi connectivity index (χ0) is 40.4. The van der Waals surface area contributed by atoms with E-state index in [1.165, 1.54) is 33.4 Å². The summed E-state index contributed by atoms with van der Waals surface area (Å²) in [6.45, 7) is 0. The van der Waals surface area contributed by atoms with Gasteiger partial charge in [-0.25, -0.2) is 0 Å². The number of hydrogen-bond donors (Lipinski definition) is 0. The molecule has 0 atom stereocenters. The molecule has 9 rings (SSSR count). The summed E-state index contributed by atoms with van der Waals surface area (Å²) < 4.78 is 0. The first-order chi connectivity index (χ1) is 29.8. The van der Waals surface area contributed by atoms with Crippen molar-refractivity contribution in [1.29, 1.82) is 0 Å². The molecule has 0 aliphatic heterocycles. The van der Waals surface area contributed by atoms with E-state index in [9.17, 15) is 0 Å². The molecule has 0 amide bonds. The lowest BCUT2D eigenvalue weighted by atomic mass is 9.97. The molecule has 9 aromatic carbocycles. The highest BCUT2D eigenvalue weighted by Gasteiger charge is 2.18. The summed E-state index contributed by atoms with van der Waals surface area (Å²) in [6, 6.07) is 86.2. The van der Waals surface area contributed by atoms with Crippen molar-refractivity contribution < 1.29 is 0 Å². The van der Waals surface area contributed by atoms with Crippen LogP contribution in [0.1, 0.15) is 5.56 Å². The highest BCUT2D eigenvalue weighted by atomic mass is 15.1. The van der Waals surface area contributed by atoms with Gasteiger partial charge in [0.05, 0.1) is 5.69 Å². The van der Waals surface area contributed by atoms with Crippen LogP contribution in [0.25, 0.3) is 50.6 Å². The summed E-state index contributed by atoms with van der Waals surface area (Å²) in [6.07, 6.45) is 8.41. The summed E-state index contributed by atoms with van der Waals surface area (Å²) in [5, 5.41) is 0. The van der Waals surface area contributed by atoms with Crippen molar-refractivity contribution in [2.24, 2.45) is 0 Å². The molecule has 0 spiro atoms. The number of anilines is 5. The molecular weight excluding hydrogens is 725 g/mol. The SMILES string of the molecule is C(=C/c1ccccc1)/C=C/N(c1ccccc1)c1ccc(-c2ccc(-c3ccccc3N(c3ccc(-c4ccccc4)cc3)c3ccc(-c4ccccc4)cc3)cc2)cc1. The van der Waals surface area contributed by atoms with Crippen LogP contribution in [0.5, 0.6) is 0 Å². The summed E-state index contributed by atoms with van der Waals surface area (Å²) in [4.78, 5) is 4.59. The van der Waals surface area contributed by atoms with Crippen molar-refractivity contribution in [1.82, 2.24) is 0 Å². The number of allylic oxidation sites excluding steroid dienone is 2. The van der Waals surface area contributed by atoms with E-state index in [-0.39, 0.29) is 0 Å². The fourth-order valence-electron chi connectivity index (χ4n) is 7.64. The van der Waals surface area contributed by atoms with Gasteiger partial charge >= 0.3 is 0 Å². The molecule has 0 fully saturated rings. The summed E-state index contributed by atoms with van der Waals surface area (Å²) >= 11 is 0. The maximum Gasteiger partial charge on any atom is 0.0540 e. The number of para-hydroxylation sites is 2. The molecule has 0 radical (unpaired) electrons. The predicted octanol–water partition coefficient (Wildman–Crippen LogP) is 16.2. The molecule has 2 nitrogen and oxygen atoms in total. The van der Waals surface area contributed by atoms with Gasteiger partial charge in [-0.3, -0.25) is 0 Å². The first-order valence-corrected chi connectivity index (χ1v) is 20.4. The van der Waals surface area contributed by atoms with Crippen LogP contribution >= 0.6 is 0 Å². The lowest BCUT2D eigenvalue weighted by Gasteiger charge is -2.28. The van der Waals surface area contributed by atoms with Crippen molar-refractivity contribution in [3.05, 3.63) is 267 Å². The van der Waals surface area contributed by atoms with Crippen LogP contribution in [0, 0.1) is 0 Å². The van der Waals surface area contributed by atoms with Crippen LogP contribution in [0.4, 0.5) is 28.4 Å². The van der Waals surface area contributed by atoms with E-state index in [2.05, 4.69) is 271 Å². The Hall–Kier alpha value is -7.94. The largest absolute Gasteiger partial charge is 0.317 e. The molecule has 0 unspecified atom stereocenters. The Morgan fingerprint density at radius 1 is 0.267 bits per heavy atom. The Morgan fingerprint density at radius 2 is 0.633 bits per heavy atom. The van der Waals surface area contributed by atoms with Gasteiger partial charge in [0.2, 0.25) is 0 Å². The lowest BCUT2D eigenvalue weighted by Crippen LogP contribution is -2.11. The minimum atomic E-state index is 1.09. The minimum Gasteiger partial charge on any atom is -0.317 e. The lowest BCUT2D eigenvalue weighted by molar-refractivity contribution is 1.28. The average molecular weight is 769 g/mol. The Labute approximate surface area is 353 Å². The van der Waals surface area contributed by atoms with E-state index in [1.54, 1.807) is 0 Å². The molecule has 0 aromatic heterocycles. The van der Waals surface area contributed by atoms with Gasteiger partial charge in [-0.15, -0.1) is 0 Å². The van der Waals surface area contributed by atoms with Crippen molar-refractivity contribution in [2.75, 3.05) is 9.80 Å². The second kappa shape index (κ2) is 18.1. The van der Waals surface area contributed by atoms with E-state index in [1.807, 2.05) is 6.07 Å². The first kappa shape index (κ1) is 37.6. The van der Waals surface area contributed by atoms with Gasteiger partial charge in [-0.05, 0) is 105 Å². The van der Waals surface area contributed by atoms with Crippen molar-refractivity contribution in [2.45, 2.75) is 0 Å². The molecule has 0 saturated carbocycles. The maximum atomic E-state index is 2.37. The molecule has 0 heterocycles. The first-order valence-electron chi connectivity index (χ1n) is 20.4. The zero-order valence-corrected chi connectivity index (χ0v) is 33.3. The van der Waals surface area contributed by atoms with Crippen LogP contribution in [0.15, 0.2) is 261 Å². The van der Waals surface area contributed by atoms with E-state index in [0.29, 0.717) is 0 Å². The smallest absolute Gasteiger partial charge is 0.0540 e. The van der Waals surface area contributed by atoms with Gasteiger partial charge in [0.1, 0.15) is 0 Å². The van der Waals surface area contributed by atoms with Crippen LogP contribution in [-0.2, 0) is 0 Å². The zero-order valence-electron chi connectivity index (χ0n) is 33.3. The van der Waals surface area contributed by atoms with Gasteiger partial charge in [-0.2, -0.15) is 0 Å². The van der Waals surface area contributed by atoms with E-state index < -0.39 is 0 Å². The average Bonchev–Trinajstić information content (AvgIpc) is 3.34. The highest BCUT2D eigenvalue weighted by Crippen LogP contribution is 2.42. The van der Waals surface area contributed by atoms with Crippen LogP contribution in [-0.4, -0.2) is 0 Å². The van der Waals surface area contributed by atoms with Crippen molar-refractivity contribution in [3.63, 3.8) is 0 Å². The topological polar surface area (TPSA) is 6.48 Å². The van der Waals surface area contributed by atoms with Gasteiger partial charge in [0, 0.05) is 34.5 Å². The van der Waals surface area contributed by atoms with Crippen molar-refractivity contribution >= 4 is 34.5 Å². The third-order valence-electron chi connectivity index (χ3n) is 10.8. The molecule has 2 heteroatoms. The summed E-state index contributed by atoms with van der Waals surface area (Å²) in [5.41, 5.74) is 16.1. The standard InChI is InChI=1S/C58H44N2/c1-5-17-45(18-6-1)19-15-16-44-59(53-24-11-4-12-25-53)54-38-32-51(33-39-54)48-28-30-52(31-29-48)57-26-13-14-27-58(57)60(55-40-34-49(35-41-55)46-20-7-2-8-21-46)56-42-36-50(37-43-56)47-22-9-3-10-23-47/h1-44H/b19-15-,44-16+. The Bertz CT molecular complexity index is 2710. The molecule has 0 saturated heterocycles. The van der Waals surface area contributed by atoms with Crippen LogP contribution in [0.2, 0.25) is 0 Å². The second-order valence-corrected chi connectivity index (χ2v) is 14.6. The molecule has 9 aromatic rings. The molecule has 286 valence electrons. The quantitative estimate of drug-likeness (QED) is 0.114. The normalized spacial score (nSPS) is 11.2. The maximum absolute atomic E-state index is 2.37. The fraction of sp³-hybridized carbons (Fsp3) is 0. The highest BCUT2D eigenvalue weighted by molar-refractivity contribution is 5.89. The summed E-state index contributed by atoms with van der Waals surface area (Å²) in [5.74, 6) is 0. The third kappa shape index (κ3) is 8.64. The number of benzene rings is 9. The molecule has 60 heavy (non-hydrogen) atoms. The molecular formula is C58H44N2. The Kier molecular flexibility index (Phi) is 11.4. The number of rotatable bonds is 12. The Morgan fingerprint density at radius 3 is 1.15 bits per heavy atom. The van der Waals surface area contributed by atoms with E-state index in [4.69, 9.17) is 0 Å². The van der Waals surface area contributed by atoms with Gasteiger partial charge in [0.15, 0.2) is 0 Å². The molecule has 0 aliphatic carbocycles. The summed E-state index contributed by atoms with van der Waals surface area (Å²) in [7, 11) is 0.